The zero-order valence-electron chi connectivity index (χ0n) is 12.3. The van der Waals surface area contributed by atoms with Crippen LogP contribution in [-0.4, -0.2) is 23.7 Å². The fourth-order valence-electron chi connectivity index (χ4n) is 2.25. The Labute approximate surface area is 134 Å². The minimum Gasteiger partial charge on any atom is -0.481 e. The van der Waals surface area contributed by atoms with E-state index in [1.807, 2.05) is 0 Å². The van der Waals surface area contributed by atoms with Crippen molar-refractivity contribution in [3.05, 3.63) is 34.9 Å². The van der Waals surface area contributed by atoms with Gasteiger partial charge in [0, 0.05) is 17.9 Å². The van der Waals surface area contributed by atoms with Gasteiger partial charge in [0.2, 0.25) is 0 Å². The standard InChI is InChI=1S/C16H18ClNO4/c1-2-22-15(21)7-9-16(11-18,8-6-14(19)20)12-4-3-5-13(17)10-12/h3-5,10H,2,6-9H2,1H3,(H,19,20). The Hall–Kier alpha value is -2.06. The van der Waals surface area contributed by atoms with Crippen molar-refractivity contribution in [3.8, 4) is 6.07 Å². The van der Waals surface area contributed by atoms with Gasteiger partial charge >= 0.3 is 11.9 Å². The number of esters is 1. The Morgan fingerprint density at radius 2 is 2.05 bits per heavy atom. The van der Waals surface area contributed by atoms with Crippen LogP contribution in [0.5, 0.6) is 0 Å². The second kappa shape index (κ2) is 8.40. The molecule has 0 saturated heterocycles. The van der Waals surface area contributed by atoms with E-state index < -0.39 is 17.4 Å². The Morgan fingerprint density at radius 1 is 1.36 bits per heavy atom. The summed E-state index contributed by atoms with van der Waals surface area (Å²) < 4.78 is 4.88. The molecule has 1 aromatic carbocycles. The number of halogens is 1. The van der Waals surface area contributed by atoms with Gasteiger partial charge in [-0.2, -0.15) is 5.26 Å². The van der Waals surface area contributed by atoms with E-state index in [9.17, 15) is 14.9 Å². The molecule has 0 heterocycles. The molecule has 1 unspecified atom stereocenters. The molecule has 1 N–H and O–H groups in total. The summed E-state index contributed by atoms with van der Waals surface area (Å²) >= 11 is 5.97. The van der Waals surface area contributed by atoms with Crippen LogP contribution >= 0.6 is 11.6 Å². The maximum Gasteiger partial charge on any atom is 0.305 e. The van der Waals surface area contributed by atoms with Gasteiger partial charge in [0.15, 0.2) is 0 Å². The Bertz CT molecular complexity index is 582. The molecule has 5 nitrogen and oxygen atoms in total. The predicted molar refractivity (Wildman–Crippen MR) is 81.5 cm³/mol. The lowest BCUT2D eigenvalue weighted by atomic mass is 9.74. The van der Waals surface area contributed by atoms with Crippen LogP contribution in [0.1, 0.15) is 38.2 Å². The topological polar surface area (TPSA) is 87.4 Å². The largest absolute Gasteiger partial charge is 0.481 e. The summed E-state index contributed by atoms with van der Waals surface area (Å²) in [6.45, 7) is 1.97. The number of hydrogen-bond donors (Lipinski definition) is 1. The van der Waals surface area contributed by atoms with Gasteiger partial charge in [-0.1, -0.05) is 23.7 Å². The smallest absolute Gasteiger partial charge is 0.305 e. The highest BCUT2D eigenvalue weighted by Gasteiger charge is 2.33. The molecule has 118 valence electrons. The summed E-state index contributed by atoms with van der Waals surface area (Å²) in [6.07, 6.45) is 0.185. The molecule has 0 spiro atoms. The first-order chi connectivity index (χ1) is 10.4. The molecule has 0 aliphatic heterocycles. The third kappa shape index (κ3) is 5.05. The van der Waals surface area contributed by atoms with Crippen molar-refractivity contribution in [2.24, 2.45) is 0 Å². The third-order valence-electron chi connectivity index (χ3n) is 3.42. The summed E-state index contributed by atoms with van der Waals surface area (Å²) in [7, 11) is 0. The average molecular weight is 324 g/mol. The zero-order valence-corrected chi connectivity index (χ0v) is 13.1. The molecule has 22 heavy (non-hydrogen) atoms. The summed E-state index contributed by atoms with van der Waals surface area (Å²) in [5, 5.41) is 19.0. The van der Waals surface area contributed by atoms with E-state index in [1.54, 1.807) is 31.2 Å². The van der Waals surface area contributed by atoms with Crippen LogP contribution in [0.2, 0.25) is 5.02 Å². The molecular formula is C16H18ClNO4. The quantitative estimate of drug-likeness (QED) is 0.741. The molecule has 0 aromatic heterocycles. The monoisotopic (exact) mass is 323 g/mol. The van der Waals surface area contributed by atoms with E-state index in [0.29, 0.717) is 10.6 Å². The van der Waals surface area contributed by atoms with Crippen LogP contribution in [0.25, 0.3) is 0 Å². The molecular weight excluding hydrogens is 306 g/mol. The van der Waals surface area contributed by atoms with Crippen LogP contribution < -0.4 is 0 Å². The van der Waals surface area contributed by atoms with E-state index in [0.717, 1.165) is 0 Å². The number of ether oxygens (including phenoxy) is 1. The SMILES string of the molecule is CCOC(=O)CCC(C#N)(CCC(=O)O)c1cccc(Cl)c1. The predicted octanol–water partition coefficient (Wildman–Crippen LogP) is 3.31. The molecule has 0 bridgehead atoms. The Morgan fingerprint density at radius 3 is 2.59 bits per heavy atom. The van der Waals surface area contributed by atoms with Gasteiger partial charge < -0.3 is 9.84 Å². The number of carbonyl (C=O) groups is 2. The van der Waals surface area contributed by atoms with Gasteiger partial charge in [0.1, 0.15) is 0 Å². The van der Waals surface area contributed by atoms with Crippen molar-refractivity contribution in [3.63, 3.8) is 0 Å². The van der Waals surface area contributed by atoms with Gasteiger partial charge in [-0.25, -0.2) is 0 Å². The highest BCUT2D eigenvalue weighted by atomic mass is 35.5. The van der Waals surface area contributed by atoms with Crippen molar-refractivity contribution in [2.45, 2.75) is 38.0 Å². The summed E-state index contributed by atoms with van der Waals surface area (Å²) in [6, 6.07) is 8.92. The van der Waals surface area contributed by atoms with E-state index in [-0.39, 0.29) is 32.3 Å². The average Bonchev–Trinajstić information content (AvgIpc) is 2.48. The number of carbonyl (C=O) groups excluding carboxylic acids is 1. The first kappa shape index (κ1) is 18.0. The highest BCUT2D eigenvalue weighted by molar-refractivity contribution is 6.30. The zero-order chi connectivity index (χ0) is 16.6. The minimum absolute atomic E-state index is 0.0491. The molecule has 6 heteroatoms. The van der Waals surface area contributed by atoms with Gasteiger partial charge in [-0.05, 0) is 37.5 Å². The van der Waals surface area contributed by atoms with Crippen molar-refractivity contribution in [1.29, 1.82) is 5.26 Å². The lowest BCUT2D eigenvalue weighted by molar-refractivity contribution is -0.143. The fourth-order valence-corrected chi connectivity index (χ4v) is 2.44. The lowest BCUT2D eigenvalue weighted by Crippen LogP contribution is -2.27. The van der Waals surface area contributed by atoms with Crippen molar-refractivity contribution >= 4 is 23.5 Å². The van der Waals surface area contributed by atoms with Crippen molar-refractivity contribution in [1.82, 2.24) is 0 Å². The molecule has 1 aromatic rings. The minimum atomic E-state index is -1.07. The van der Waals surface area contributed by atoms with E-state index in [4.69, 9.17) is 21.4 Å². The van der Waals surface area contributed by atoms with Gasteiger partial charge in [0.05, 0.1) is 18.1 Å². The summed E-state index contributed by atoms with van der Waals surface area (Å²) in [5.41, 5.74) is -0.455. The van der Waals surface area contributed by atoms with Crippen LogP contribution in [0.4, 0.5) is 0 Å². The first-order valence-corrected chi connectivity index (χ1v) is 7.36. The van der Waals surface area contributed by atoms with Gasteiger partial charge in [-0.3, -0.25) is 9.59 Å². The molecule has 0 radical (unpaired) electrons. The van der Waals surface area contributed by atoms with E-state index in [2.05, 4.69) is 6.07 Å². The lowest BCUT2D eigenvalue weighted by Gasteiger charge is -2.26. The van der Waals surface area contributed by atoms with Crippen LogP contribution in [0.3, 0.4) is 0 Å². The van der Waals surface area contributed by atoms with Crippen LogP contribution in [0.15, 0.2) is 24.3 Å². The number of nitrogens with zero attached hydrogens (tertiary/aromatic N) is 1. The Kier molecular flexibility index (Phi) is 6.87. The van der Waals surface area contributed by atoms with Crippen LogP contribution in [0, 0.1) is 11.3 Å². The van der Waals surface area contributed by atoms with E-state index in [1.165, 1.54) is 0 Å². The molecule has 0 saturated carbocycles. The fraction of sp³-hybridized carbons (Fsp3) is 0.438. The number of benzene rings is 1. The maximum atomic E-state index is 11.6. The van der Waals surface area contributed by atoms with Crippen molar-refractivity contribution in [2.75, 3.05) is 6.61 Å². The molecule has 0 fully saturated rings. The molecule has 0 aliphatic carbocycles. The number of carboxylic acid groups (broad SMARTS) is 1. The highest BCUT2D eigenvalue weighted by Crippen LogP contribution is 2.35. The molecule has 1 atom stereocenters. The Balaban J connectivity index is 3.04. The van der Waals surface area contributed by atoms with E-state index >= 15 is 0 Å². The number of carboxylic acids is 1. The second-order valence-corrected chi connectivity index (χ2v) is 5.34. The maximum absolute atomic E-state index is 11.6. The molecule has 0 amide bonds. The van der Waals surface area contributed by atoms with Crippen LogP contribution in [-0.2, 0) is 19.7 Å². The number of nitriles is 1. The number of rotatable bonds is 8. The number of hydrogen-bond acceptors (Lipinski definition) is 4. The first-order valence-electron chi connectivity index (χ1n) is 6.98. The molecule has 0 aliphatic rings. The summed E-state index contributed by atoms with van der Waals surface area (Å²) in [4.78, 5) is 22.4. The normalized spacial score (nSPS) is 13.0. The van der Waals surface area contributed by atoms with Crippen molar-refractivity contribution < 1.29 is 19.4 Å². The van der Waals surface area contributed by atoms with Gasteiger partial charge in [0.25, 0.3) is 0 Å². The number of aliphatic carboxylic acids is 1. The van der Waals surface area contributed by atoms with Gasteiger partial charge in [-0.15, -0.1) is 0 Å². The summed E-state index contributed by atoms with van der Waals surface area (Å²) in [5.74, 6) is -1.39. The second-order valence-electron chi connectivity index (χ2n) is 4.90. The molecule has 1 rings (SSSR count). The third-order valence-corrected chi connectivity index (χ3v) is 3.65.